The van der Waals surface area contributed by atoms with Gasteiger partial charge in [-0.05, 0) is 58.9 Å². The van der Waals surface area contributed by atoms with E-state index in [1.807, 2.05) is 0 Å². The van der Waals surface area contributed by atoms with Crippen LogP contribution in [0.15, 0.2) is 9.98 Å². The molecule has 0 saturated carbocycles. The molecule has 0 spiro atoms. The molecular weight excluding hydrogens is 526 g/mol. The minimum absolute atomic E-state index is 0.0796. The monoisotopic (exact) mass is 569 g/mol. The van der Waals surface area contributed by atoms with Gasteiger partial charge in [0.25, 0.3) is 0 Å². The lowest BCUT2D eigenvalue weighted by Gasteiger charge is -2.25. The Morgan fingerprint density at radius 1 is 0.800 bits per heavy atom. The maximum atomic E-state index is 13.3. The molecule has 17 heteroatoms. The van der Waals surface area contributed by atoms with Crippen LogP contribution in [0.1, 0.15) is 52.4 Å². The topological polar surface area (TPSA) is 295 Å². The Balaban J connectivity index is 2.98. The summed E-state index contributed by atoms with van der Waals surface area (Å²) in [7, 11) is 0. The number of hydrogen-bond donors (Lipinski definition) is 10. The fraction of sp³-hybridized carbons (Fsp3) is 0.696. The molecule has 4 amide bonds. The molecule has 0 radical (unpaired) electrons. The molecule has 0 aromatic heterocycles. The number of carboxylic acid groups (broad SMARTS) is 1. The third-order valence-electron chi connectivity index (χ3n) is 6.01. The minimum atomic E-state index is -1.26. The van der Waals surface area contributed by atoms with Crippen molar-refractivity contribution in [2.24, 2.45) is 32.9 Å². The highest BCUT2D eigenvalue weighted by atomic mass is 16.4. The summed E-state index contributed by atoms with van der Waals surface area (Å²) in [6.45, 7) is 3.83. The first-order chi connectivity index (χ1) is 18.8. The highest BCUT2D eigenvalue weighted by Gasteiger charge is 2.30. The number of aliphatic imine (C=N–C) groups is 2. The third-order valence-corrected chi connectivity index (χ3v) is 6.01. The van der Waals surface area contributed by atoms with E-state index in [4.69, 9.17) is 28.0 Å². The van der Waals surface area contributed by atoms with Crippen molar-refractivity contribution in [2.45, 2.75) is 82.6 Å². The molecular formula is C23H43N11O6. The van der Waals surface area contributed by atoms with Gasteiger partial charge in [-0.25, -0.2) is 0 Å². The van der Waals surface area contributed by atoms with Crippen molar-refractivity contribution >= 4 is 41.5 Å². The van der Waals surface area contributed by atoms with Crippen LogP contribution in [0.25, 0.3) is 0 Å². The number of guanidine groups is 2. The van der Waals surface area contributed by atoms with Gasteiger partial charge in [0.2, 0.25) is 23.6 Å². The lowest BCUT2D eigenvalue weighted by molar-refractivity contribution is -0.141. The molecule has 17 nitrogen and oxygen atoms in total. The zero-order valence-electron chi connectivity index (χ0n) is 22.9. The highest BCUT2D eigenvalue weighted by molar-refractivity contribution is 5.95. The van der Waals surface area contributed by atoms with Gasteiger partial charge in [0.1, 0.15) is 24.2 Å². The first kappa shape index (κ1) is 33.9. The zero-order chi connectivity index (χ0) is 30.2. The smallest absolute Gasteiger partial charge is 0.325 e. The minimum Gasteiger partial charge on any atom is -0.480 e. The molecule has 14 N–H and O–H groups in total. The normalized spacial score (nSPS) is 17.3. The van der Waals surface area contributed by atoms with Gasteiger partial charge in [-0.1, -0.05) is 0 Å². The van der Waals surface area contributed by atoms with Gasteiger partial charge in [-0.3, -0.25) is 34.0 Å². The van der Waals surface area contributed by atoms with Gasteiger partial charge in [0, 0.05) is 13.1 Å². The molecule has 0 unspecified atom stereocenters. The van der Waals surface area contributed by atoms with Crippen molar-refractivity contribution in [1.29, 1.82) is 0 Å². The molecule has 1 saturated heterocycles. The zero-order valence-corrected chi connectivity index (χ0v) is 22.9. The number of nitrogens with two attached hydrogens (primary N) is 4. The van der Waals surface area contributed by atoms with Crippen LogP contribution >= 0.6 is 0 Å². The summed E-state index contributed by atoms with van der Waals surface area (Å²) in [5.74, 6) is -3.89. The molecule has 0 aromatic rings. The Morgan fingerprint density at radius 3 is 1.75 bits per heavy atom. The quantitative estimate of drug-likeness (QED) is 0.0456. The van der Waals surface area contributed by atoms with E-state index in [1.165, 1.54) is 13.8 Å². The molecule has 1 heterocycles. The van der Waals surface area contributed by atoms with Crippen molar-refractivity contribution in [3.8, 4) is 0 Å². The predicted octanol–water partition coefficient (Wildman–Crippen LogP) is -4.09. The fourth-order valence-electron chi connectivity index (χ4n) is 3.78. The molecule has 1 aliphatic rings. The number of rotatable bonds is 17. The molecule has 1 aliphatic heterocycles. The average Bonchev–Trinajstić information content (AvgIpc) is 3.42. The highest BCUT2D eigenvalue weighted by Crippen LogP contribution is 2.07. The second-order valence-electron chi connectivity index (χ2n) is 9.47. The van der Waals surface area contributed by atoms with E-state index >= 15 is 0 Å². The Morgan fingerprint density at radius 2 is 1.30 bits per heavy atom. The maximum Gasteiger partial charge on any atom is 0.325 e. The van der Waals surface area contributed by atoms with Crippen LogP contribution in [0.3, 0.4) is 0 Å². The molecule has 226 valence electrons. The van der Waals surface area contributed by atoms with Crippen LogP contribution < -0.4 is 49.5 Å². The number of amides is 4. The molecule has 0 bridgehead atoms. The summed E-state index contributed by atoms with van der Waals surface area (Å²) in [6, 6.07) is -4.81. The lowest BCUT2D eigenvalue weighted by Crippen LogP contribution is -2.57. The summed E-state index contributed by atoms with van der Waals surface area (Å²) in [5.41, 5.74) is 21.3. The standard InChI is InChI=1S/C23H43N11O6/c1-12(31-18(36)14-6-3-9-28-14)17(35)33-16(8-5-11-30-23(26)27)20(38)34-15(7-4-10-29-22(24)25)19(37)32-13(2)21(39)40/h12-16,28H,3-11H2,1-2H3,(H,31,36)(H,32,37)(H,33,35)(H,34,38)(H,39,40)(H4,24,25,29)(H4,26,27,30)/t12-,13-,14-,15-,16-/m0/s1. The Kier molecular flexibility index (Phi) is 14.8. The number of nitrogens with one attached hydrogen (secondary N) is 5. The number of carboxylic acids is 1. The Hall–Kier alpha value is -4.15. The Bertz CT molecular complexity index is 944. The number of nitrogens with zero attached hydrogens (tertiary/aromatic N) is 2. The second-order valence-corrected chi connectivity index (χ2v) is 9.47. The summed E-state index contributed by atoms with van der Waals surface area (Å²) < 4.78 is 0. The van der Waals surface area contributed by atoms with Crippen molar-refractivity contribution in [2.75, 3.05) is 19.6 Å². The molecule has 40 heavy (non-hydrogen) atoms. The van der Waals surface area contributed by atoms with E-state index in [9.17, 15) is 24.0 Å². The van der Waals surface area contributed by atoms with E-state index in [0.29, 0.717) is 19.4 Å². The van der Waals surface area contributed by atoms with Crippen LogP contribution in [-0.4, -0.2) is 96.5 Å². The van der Waals surface area contributed by atoms with E-state index in [1.54, 1.807) is 0 Å². The van der Waals surface area contributed by atoms with Gasteiger partial charge < -0.3 is 54.6 Å². The van der Waals surface area contributed by atoms with Gasteiger partial charge in [0.15, 0.2) is 11.9 Å². The van der Waals surface area contributed by atoms with Crippen molar-refractivity contribution < 1.29 is 29.1 Å². The lowest BCUT2D eigenvalue weighted by atomic mass is 10.1. The summed E-state index contributed by atoms with van der Waals surface area (Å²) in [6.07, 6.45) is 2.28. The second kappa shape index (κ2) is 17.4. The molecule has 0 aliphatic carbocycles. The maximum absolute atomic E-state index is 13.3. The van der Waals surface area contributed by atoms with E-state index < -0.39 is 47.9 Å². The first-order valence-corrected chi connectivity index (χ1v) is 13.1. The summed E-state index contributed by atoms with van der Waals surface area (Å²) >= 11 is 0. The molecule has 5 atom stereocenters. The molecule has 1 fully saturated rings. The van der Waals surface area contributed by atoms with Gasteiger partial charge in [-0.2, -0.15) is 0 Å². The van der Waals surface area contributed by atoms with Crippen LogP contribution in [0, 0.1) is 0 Å². The Labute approximate surface area is 232 Å². The third kappa shape index (κ3) is 13.1. The summed E-state index contributed by atoms with van der Waals surface area (Å²) in [4.78, 5) is 70.3. The van der Waals surface area contributed by atoms with Crippen molar-refractivity contribution in [3.05, 3.63) is 0 Å². The van der Waals surface area contributed by atoms with Crippen LogP contribution in [-0.2, 0) is 24.0 Å². The van der Waals surface area contributed by atoms with Crippen LogP contribution in [0.2, 0.25) is 0 Å². The fourth-order valence-corrected chi connectivity index (χ4v) is 3.78. The molecule has 1 rings (SSSR count). The van der Waals surface area contributed by atoms with E-state index in [2.05, 4.69) is 36.6 Å². The number of aliphatic carboxylic acids is 1. The van der Waals surface area contributed by atoms with Gasteiger partial charge >= 0.3 is 5.97 Å². The largest absolute Gasteiger partial charge is 0.480 e. The average molecular weight is 570 g/mol. The predicted molar refractivity (Wildman–Crippen MR) is 148 cm³/mol. The van der Waals surface area contributed by atoms with E-state index in [0.717, 1.165) is 6.42 Å². The number of hydrogen-bond acceptors (Lipinski definition) is 8. The number of carbonyl (C=O) groups is 5. The first-order valence-electron chi connectivity index (χ1n) is 13.1. The SMILES string of the molecule is C[C@H](NC(=O)[C@H](CCCN=C(N)N)NC(=O)[C@H](CCCN=C(N)N)NC(=O)[C@H](C)NC(=O)[C@@H]1CCCN1)C(=O)O. The van der Waals surface area contributed by atoms with Gasteiger partial charge in [-0.15, -0.1) is 0 Å². The van der Waals surface area contributed by atoms with E-state index in [-0.39, 0.29) is 56.2 Å². The summed E-state index contributed by atoms with van der Waals surface area (Å²) in [5, 5.41) is 22.3. The van der Waals surface area contributed by atoms with Crippen molar-refractivity contribution in [3.63, 3.8) is 0 Å². The van der Waals surface area contributed by atoms with Gasteiger partial charge in [0.05, 0.1) is 6.04 Å². The number of carbonyl (C=O) groups excluding carboxylic acids is 4. The van der Waals surface area contributed by atoms with Crippen LogP contribution in [0.5, 0.6) is 0 Å². The molecule has 0 aromatic carbocycles. The van der Waals surface area contributed by atoms with Crippen molar-refractivity contribution in [1.82, 2.24) is 26.6 Å². The van der Waals surface area contributed by atoms with Crippen LogP contribution in [0.4, 0.5) is 0 Å².